The summed E-state index contributed by atoms with van der Waals surface area (Å²) >= 11 is 0. The van der Waals surface area contributed by atoms with Crippen molar-refractivity contribution in [2.24, 2.45) is 0 Å². The maximum absolute atomic E-state index is 13.0. The minimum Gasteiger partial charge on any atom is -0.396 e. The number of carbonyl (C=O) groups is 1. The van der Waals surface area contributed by atoms with Crippen LogP contribution in [0.2, 0.25) is 0 Å². The van der Waals surface area contributed by atoms with Crippen LogP contribution in [0.25, 0.3) is 5.69 Å². The lowest BCUT2D eigenvalue weighted by atomic mass is 10.0. The fraction of sp³-hybridized carbons (Fsp3) is 0.111. The maximum atomic E-state index is 13.0. The molecule has 3 N–H and O–H groups in total. The number of aromatic nitrogens is 2. The average molecular weight is 325 g/mol. The lowest BCUT2D eigenvalue weighted by molar-refractivity contribution is 0.103. The predicted molar refractivity (Wildman–Crippen MR) is 88.6 cm³/mol. The largest absolute Gasteiger partial charge is 0.396 e. The van der Waals surface area contributed by atoms with Gasteiger partial charge in [0.15, 0.2) is 5.78 Å². The van der Waals surface area contributed by atoms with Gasteiger partial charge < -0.3 is 10.8 Å². The summed E-state index contributed by atoms with van der Waals surface area (Å²) in [6, 6.07) is 12.7. The zero-order chi connectivity index (χ0) is 17.1. The number of hydrogen-bond acceptors (Lipinski definition) is 4. The summed E-state index contributed by atoms with van der Waals surface area (Å²) in [6.07, 6.45) is 1.88. The van der Waals surface area contributed by atoms with Crippen molar-refractivity contribution in [1.82, 2.24) is 9.78 Å². The monoisotopic (exact) mass is 325 g/mol. The molecular weight excluding hydrogens is 309 g/mol. The summed E-state index contributed by atoms with van der Waals surface area (Å²) in [5.41, 5.74) is 8.25. The van der Waals surface area contributed by atoms with Crippen LogP contribution in [-0.4, -0.2) is 27.3 Å². The van der Waals surface area contributed by atoms with Crippen LogP contribution in [0.15, 0.2) is 54.7 Å². The van der Waals surface area contributed by atoms with Gasteiger partial charge in [-0.05, 0) is 42.3 Å². The Morgan fingerprint density at radius 3 is 2.67 bits per heavy atom. The summed E-state index contributed by atoms with van der Waals surface area (Å²) < 4.78 is 14.4. The Bertz CT molecular complexity index is 872. The van der Waals surface area contributed by atoms with Gasteiger partial charge >= 0.3 is 0 Å². The highest BCUT2D eigenvalue weighted by atomic mass is 19.1. The third-order valence-electron chi connectivity index (χ3n) is 3.71. The first-order valence-electron chi connectivity index (χ1n) is 7.44. The molecule has 3 aromatic rings. The molecule has 0 unspecified atom stereocenters. The molecule has 0 amide bonds. The van der Waals surface area contributed by atoms with E-state index in [4.69, 9.17) is 10.8 Å². The van der Waals surface area contributed by atoms with Crippen molar-refractivity contribution in [3.8, 4) is 5.69 Å². The number of nitrogen functional groups attached to an aromatic ring is 1. The number of nitrogens with zero attached hydrogens (tertiary/aromatic N) is 2. The minimum absolute atomic E-state index is 0.0162. The van der Waals surface area contributed by atoms with Crippen LogP contribution in [0.1, 0.15) is 21.5 Å². The fourth-order valence-corrected chi connectivity index (χ4v) is 2.47. The van der Waals surface area contributed by atoms with Crippen molar-refractivity contribution in [1.29, 1.82) is 0 Å². The van der Waals surface area contributed by atoms with Crippen LogP contribution >= 0.6 is 0 Å². The number of anilines is 1. The average Bonchev–Trinajstić information content (AvgIpc) is 2.97. The van der Waals surface area contributed by atoms with E-state index in [9.17, 15) is 9.18 Å². The first-order chi connectivity index (χ1) is 11.6. The Morgan fingerprint density at radius 1 is 1.21 bits per heavy atom. The Hall–Kier alpha value is -2.99. The van der Waals surface area contributed by atoms with E-state index in [0.29, 0.717) is 17.7 Å². The van der Waals surface area contributed by atoms with Crippen molar-refractivity contribution in [3.63, 3.8) is 0 Å². The number of aliphatic hydroxyl groups is 1. The second-order valence-electron chi connectivity index (χ2n) is 5.33. The van der Waals surface area contributed by atoms with Gasteiger partial charge in [0.1, 0.15) is 11.6 Å². The molecule has 0 aliphatic rings. The third-order valence-corrected chi connectivity index (χ3v) is 3.71. The van der Waals surface area contributed by atoms with Gasteiger partial charge in [-0.3, -0.25) is 4.79 Å². The molecule has 0 saturated carbocycles. The van der Waals surface area contributed by atoms with Crippen molar-refractivity contribution < 1.29 is 14.3 Å². The van der Waals surface area contributed by atoms with Crippen molar-refractivity contribution >= 4 is 11.6 Å². The second kappa shape index (κ2) is 6.64. The van der Waals surface area contributed by atoms with E-state index in [-0.39, 0.29) is 29.6 Å². The van der Waals surface area contributed by atoms with Gasteiger partial charge in [0.2, 0.25) is 0 Å². The van der Waals surface area contributed by atoms with Crippen molar-refractivity contribution in [2.45, 2.75) is 6.42 Å². The molecule has 1 heterocycles. The molecule has 2 aromatic carbocycles. The van der Waals surface area contributed by atoms with Crippen LogP contribution in [0.3, 0.4) is 0 Å². The lowest BCUT2D eigenvalue weighted by Crippen LogP contribution is -2.07. The summed E-state index contributed by atoms with van der Waals surface area (Å²) in [6.45, 7) is 0.0162. The van der Waals surface area contributed by atoms with Gasteiger partial charge in [-0.2, -0.15) is 5.10 Å². The number of carbonyl (C=O) groups excluding carboxylic acids is 1. The molecule has 0 saturated heterocycles. The van der Waals surface area contributed by atoms with Crippen molar-refractivity contribution in [2.75, 3.05) is 12.3 Å². The number of benzene rings is 2. The van der Waals surface area contributed by atoms with Gasteiger partial charge in [0.25, 0.3) is 0 Å². The molecule has 0 bridgehead atoms. The van der Waals surface area contributed by atoms with E-state index < -0.39 is 0 Å². The number of nitrogens with two attached hydrogens (primary N) is 1. The molecule has 6 heteroatoms. The van der Waals surface area contributed by atoms with Crippen LogP contribution in [0.5, 0.6) is 0 Å². The fourth-order valence-electron chi connectivity index (χ4n) is 2.47. The number of halogens is 1. The van der Waals surface area contributed by atoms with Crippen LogP contribution in [0, 0.1) is 5.82 Å². The molecule has 0 aliphatic heterocycles. The summed E-state index contributed by atoms with van der Waals surface area (Å²) in [4.78, 5) is 12.7. The highest BCUT2D eigenvalue weighted by Gasteiger charge is 2.18. The lowest BCUT2D eigenvalue weighted by Gasteiger charge is -2.06. The van der Waals surface area contributed by atoms with Crippen LogP contribution < -0.4 is 5.73 Å². The Labute approximate surface area is 138 Å². The molecule has 0 radical (unpaired) electrons. The highest BCUT2D eigenvalue weighted by molar-refractivity contribution is 6.11. The number of ketones is 1. The van der Waals surface area contributed by atoms with Gasteiger partial charge in [0.05, 0.1) is 17.4 Å². The predicted octanol–water partition coefficient (Wildman–Crippen LogP) is 2.36. The number of aliphatic hydroxyl groups excluding tert-OH is 1. The summed E-state index contributed by atoms with van der Waals surface area (Å²) in [5.74, 6) is -0.415. The molecule has 0 spiro atoms. The quantitative estimate of drug-likeness (QED) is 0.706. The Kier molecular flexibility index (Phi) is 4.39. The molecule has 122 valence electrons. The number of hydrogen-bond donors (Lipinski definition) is 2. The van der Waals surface area contributed by atoms with Crippen molar-refractivity contribution in [3.05, 3.63) is 77.2 Å². The first kappa shape index (κ1) is 15.9. The summed E-state index contributed by atoms with van der Waals surface area (Å²) in [5, 5.41) is 13.1. The number of rotatable bonds is 5. The van der Waals surface area contributed by atoms with E-state index in [0.717, 1.165) is 5.56 Å². The zero-order valence-electron chi connectivity index (χ0n) is 12.8. The molecule has 3 rings (SSSR count). The van der Waals surface area contributed by atoms with Gasteiger partial charge in [-0.15, -0.1) is 0 Å². The van der Waals surface area contributed by atoms with Crippen LogP contribution in [-0.2, 0) is 6.42 Å². The molecular formula is C18H16FN3O2. The highest BCUT2D eigenvalue weighted by Crippen LogP contribution is 2.21. The van der Waals surface area contributed by atoms with Gasteiger partial charge in [0, 0.05) is 12.2 Å². The molecule has 0 aliphatic carbocycles. The maximum Gasteiger partial charge on any atom is 0.198 e. The molecule has 0 fully saturated rings. The van der Waals surface area contributed by atoms with Gasteiger partial charge in [-0.25, -0.2) is 9.07 Å². The van der Waals surface area contributed by atoms with Gasteiger partial charge in [-0.1, -0.05) is 18.2 Å². The zero-order valence-corrected chi connectivity index (χ0v) is 12.8. The van der Waals surface area contributed by atoms with Crippen LogP contribution in [0.4, 0.5) is 10.2 Å². The Balaban J connectivity index is 1.94. The van der Waals surface area contributed by atoms with E-state index in [1.807, 2.05) is 6.07 Å². The van der Waals surface area contributed by atoms with E-state index in [1.54, 1.807) is 18.2 Å². The topological polar surface area (TPSA) is 81.1 Å². The third kappa shape index (κ3) is 3.04. The van der Waals surface area contributed by atoms with E-state index in [2.05, 4.69) is 5.10 Å². The van der Waals surface area contributed by atoms with E-state index in [1.165, 1.54) is 35.1 Å². The normalized spacial score (nSPS) is 10.8. The molecule has 0 atom stereocenters. The first-order valence-corrected chi connectivity index (χ1v) is 7.44. The SMILES string of the molecule is Nc1c(C(=O)c2cccc(CCO)c2)cnn1-c1ccc(F)cc1. The molecule has 5 nitrogen and oxygen atoms in total. The summed E-state index contributed by atoms with van der Waals surface area (Å²) in [7, 11) is 0. The van der Waals surface area contributed by atoms with E-state index >= 15 is 0 Å². The smallest absolute Gasteiger partial charge is 0.198 e. The minimum atomic E-state index is -0.360. The molecule has 24 heavy (non-hydrogen) atoms. The molecule has 1 aromatic heterocycles. The Morgan fingerprint density at radius 2 is 1.96 bits per heavy atom. The standard InChI is InChI=1S/C18H16FN3O2/c19-14-4-6-15(7-5-14)22-18(20)16(11-21-22)17(24)13-3-1-2-12(10-13)8-9-23/h1-7,10-11,23H,8-9,20H2. The second-order valence-corrected chi connectivity index (χ2v) is 5.33.